The molecule has 0 atom stereocenters. The molecule has 1 aliphatic rings. The standard InChI is InChI=1S/C24H21N9O3S/c1-12-8-26-15(10-25-12)11-27-23(35)19-5-4-18(37-19)16-7-20(29-14-2-3-14)33-21(30-16)13(9-28-33)6-17-22(34)32-24(36)31-17/h4-10,14,34H,2-3,11H2,1H3,(H,27,35)(H2,31,32,36)/b13-6+,29-20?. The lowest BCUT2D eigenvalue weighted by molar-refractivity contribution is 0.0954. The monoisotopic (exact) mass is 515 g/mol. The maximum absolute atomic E-state index is 12.7. The number of amides is 1. The first-order valence-electron chi connectivity index (χ1n) is 11.5. The molecule has 0 aromatic carbocycles. The molecule has 4 N–H and O–H groups in total. The van der Waals surface area contributed by atoms with Crippen molar-refractivity contribution in [3.8, 4) is 16.5 Å². The van der Waals surface area contributed by atoms with E-state index in [2.05, 4.69) is 30.4 Å². The number of rotatable bonds is 6. The van der Waals surface area contributed by atoms with Crippen molar-refractivity contribution < 1.29 is 9.90 Å². The molecular formula is C24H21N9O3S. The van der Waals surface area contributed by atoms with E-state index in [0.717, 1.165) is 23.4 Å². The molecule has 6 rings (SSSR count). The van der Waals surface area contributed by atoms with Crippen LogP contribution in [0, 0.1) is 6.92 Å². The third-order valence-electron chi connectivity index (χ3n) is 5.72. The van der Waals surface area contributed by atoms with E-state index in [1.54, 1.807) is 35.2 Å². The van der Waals surface area contributed by atoms with Crippen LogP contribution >= 0.6 is 11.3 Å². The minimum Gasteiger partial charge on any atom is -0.493 e. The first-order valence-corrected chi connectivity index (χ1v) is 12.4. The number of imidazole rings is 1. The number of hydrogen-bond acceptors (Lipinski definition) is 9. The maximum Gasteiger partial charge on any atom is 0.326 e. The Balaban J connectivity index is 1.35. The van der Waals surface area contributed by atoms with E-state index in [1.165, 1.54) is 11.3 Å². The van der Waals surface area contributed by atoms with Gasteiger partial charge in [0.05, 0.1) is 51.8 Å². The molecule has 0 aliphatic heterocycles. The normalized spacial score (nSPS) is 14.5. The van der Waals surface area contributed by atoms with Gasteiger partial charge in [-0.15, -0.1) is 11.3 Å². The molecule has 37 heavy (non-hydrogen) atoms. The molecule has 1 aliphatic carbocycles. The van der Waals surface area contributed by atoms with Crippen LogP contribution in [0.1, 0.15) is 39.6 Å². The fraction of sp³-hybridized carbons (Fsp3) is 0.208. The largest absolute Gasteiger partial charge is 0.493 e. The third-order valence-corrected chi connectivity index (χ3v) is 6.83. The number of nitrogens with one attached hydrogen (secondary N) is 3. The second-order valence-electron chi connectivity index (χ2n) is 8.68. The number of carbonyl (C=O) groups is 1. The number of H-pyrrole nitrogens is 2. The molecule has 186 valence electrons. The highest BCUT2D eigenvalue weighted by Crippen LogP contribution is 2.27. The second kappa shape index (κ2) is 9.09. The van der Waals surface area contributed by atoms with Crippen molar-refractivity contribution in [3.05, 3.63) is 79.9 Å². The summed E-state index contributed by atoms with van der Waals surface area (Å²) in [4.78, 5) is 48.5. The van der Waals surface area contributed by atoms with E-state index in [0.29, 0.717) is 32.6 Å². The van der Waals surface area contributed by atoms with Crippen molar-refractivity contribution >= 4 is 29.0 Å². The zero-order valence-electron chi connectivity index (χ0n) is 19.6. The third kappa shape index (κ3) is 4.76. The number of hydrogen-bond donors (Lipinski definition) is 4. The zero-order valence-corrected chi connectivity index (χ0v) is 20.4. The van der Waals surface area contributed by atoms with E-state index in [1.807, 2.05) is 19.1 Å². The summed E-state index contributed by atoms with van der Waals surface area (Å²) >= 11 is 1.32. The second-order valence-corrected chi connectivity index (χ2v) is 9.76. The van der Waals surface area contributed by atoms with Crippen LogP contribution in [0.25, 0.3) is 22.3 Å². The van der Waals surface area contributed by atoms with Gasteiger partial charge in [-0.05, 0) is 38.0 Å². The van der Waals surface area contributed by atoms with Gasteiger partial charge >= 0.3 is 5.69 Å². The first-order chi connectivity index (χ1) is 17.9. The lowest BCUT2D eigenvalue weighted by Gasteiger charge is -2.03. The van der Waals surface area contributed by atoms with Gasteiger partial charge in [0.15, 0.2) is 11.1 Å². The Morgan fingerprint density at radius 3 is 2.86 bits per heavy atom. The van der Waals surface area contributed by atoms with Crippen molar-refractivity contribution in [1.29, 1.82) is 0 Å². The van der Waals surface area contributed by atoms with Crippen LogP contribution in [0.2, 0.25) is 0 Å². The van der Waals surface area contributed by atoms with Crippen LogP contribution in [0.15, 0.2) is 46.6 Å². The fourth-order valence-corrected chi connectivity index (χ4v) is 4.57. The molecule has 1 amide bonds. The Morgan fingerprint density at radius 1 is 1.27 bits per heavy atom. The summed E-state index contributed by atoms with van der Waals surface area (Å²) in [6.45, 7) is 2.13. The van der Waals surface area contributed by atoms with Crippen molar-refractivity contribution in [2.45, 2.75) is 32.4 Å². The molecule has 5 heterocycles. The number of fused-ring (bicyclic) bond motifs is 1. The van der Waals surface area contributed by atoms with E-state index in [9.17, 15) is 14.7 Å². The van der Waals surface area contributed by atoms with Crippen LogP contribution in [-0.4, -0.2) is 51.6 Å². The Kier molecular flexibility index (Phi) is 5.60. The van der Waals surface area contributed by atoms with Gasteiger partial charge in [0.2, 0.25) is 5.88 Å². The summed E-state index contributed by atoms with van der Waals surface area (Å²) in [5, 5.41) is 17.9. The predicted molar refractivity (Wildman–Crippen MR) is 135 cm³/mol. The molecule has 1 saturated carbocycles. The molecule has 0 saturated heterocycles. The minimum absolute atomic E-state index is 0.215. The number of aryl methyl sites for hydroxylation is 1. The van der Waals surface area contributed by atoms with Gasteiger partial charge in [0, 0.05) is 17.5 Å². The molecule has 0 spiro atoms. The molecule has 0 bridgehead atoms. The molecule has 0 unspecified atom stereocenters. The fourth-order valence-electron chi connectivity index (χ4n) is 3.69. The molecule has 12 nitrogen and oxygen atoms in total. The van der Waals surface area contributed by atoms with E-state index in [4.69, 9.17) is 9.98 Å². The van der Waals surface area contributed by atoms with Gasteiger partial charge in [0.25, 0.3) is 5.91 Å². The lowest BCUT2D eigenvalue weighted by atomic mass is 10.3. The van der Waals surface area contributed by atoms with Gasteiger partial charge < -0.3 is 15.4 Å². The quantitative estimate of drug-likeness (QED) is 0.260. The zero-order chi connectivity index (χ0) is 25.5. The van der Waals surface area contributed by atoms with Crippen LogP contribution in [0.5, 0.6) is 5.88 Å². The van der Waals surface area contributed by atoms with Crippen molar-refractivity contribution in [1.82, 2.24) is 39.9 Å². The summed E-state index contributed by atoms with van der Waals surface area (Å²) in [5.41, 5.74) is 2.99. The van der Waals surface area contributed by atoms with Crippen molar-refractivity contribution in [3.63, 3.8) is 0 Å². The predicted octanol–water partition coefficient (Wildman–Crippen LogP) is 0.819. The summed E-state index contributed by atoms with van der Waals surface area (Å²) < 4.78 is 1.64. The summed E-state index contributed by atoms with van der Waals surface area (Å²) in [5.74, 6) is -0.484. The van der Waals surface area contributed by atoms with E-state index in [-0.39, 0.29) is 30.1 Å². The smallest absolute Gasteiger partial charge is 0.326 e. The van der Waals surface area contributed by atoms with Gasteiger partial charge in [-0.3, -0.25) is 24.7 Å². The van der Waals surface area contributed by atoms with Crippen LogP contribution in [-0.2, 0) is 6.54 Å². The molecule has 1 fully saturated rings. The highest BCUT2D eigenvalue weighted by Gasteiger charge is 2.21. The van der Waals surface area contributed by atoms with Gasteiger partial charge in [-0.2, -0.15) is 9.61 Å². The molecule has 13 heteroatoms. The Morgan fingerprint density at radius 2 is 2.14 bits per heavy atom. The summed E-state index contributed by atoms with van der Waals surface area (Å²) in [7, 11) is 0. The highest BCUT2D eigenvalue weighted by molar-refractivity contribution is 7.17. The van der Waals surface area contributed by atoms with Gasteiger partial charge in [-0.1, -0.05) is 0 Å². The van der Waals surface area contributed by atoms with Crippen LogP contribution in [0.3, 0.4) is 0 Å². The SMILES string of the molecule is Cc1cnc(CNC(=O)c2ccc(-c3cc(=NC4CC4)n4nc/c(=C\c5[nH]c(=O)[nH]c5O)c4n3)s2)cn1. The molecule has 5 aromatic rings. The molecule has 5 aromatic heterocycles. The Bertz CT molecular complexity index is 1810. The Hall–Kier alpha value is -4.65. The number of aromatic hydroxyl groups is 1. The Labute approximate surface area is 212 Å². The van der Waals surface area contributed by atoms with Crippen molar-refractivity contribution in [2.24, 2.45) is 4.99 Å². The van der Waals surface area contributed by atoms with E-state index >= 15 is 0 Å². The number of carbonyl (C=O) groups excluding carboxylic acids is 1. The number of aromatic amines is 2. The summed E-state index contributed by atoms with van der Waals surface area (Å²) in [6.07, 6.45) is 8.54. The molecule has 0 radical (unpaired) electrons. The topological polar surface area (TPSA) is 166 Å². The number of thiophene rings is 1. The average molecular weight is 516 g/mol. The molecular weight excluding hydrogens is 494 g/mol. The average Bonchev–Trinajstić information content (AvgIpc) is 3.25. The summed E-state index contributed by atoms with van der Waals surface area (Å²) in [6, 6.07) is 5.70. The van der Waals surface area contributed by atoms with Gasteiger partial charge in [0.1, 0.15) is 5.69 Å². The van der Waals surface area contributed by atoms with Crippen molar-refractivity contribution in [2.75, 3.05) is 0 Å². The number of aromatic nitrogens is 7. The van der Waals surface area contributed by atoms with Crippen LogP contribution < -0.4 is 21.7 Å². The number of nitrogens with zero attached hydrogens (tertiary/aromatic N) is 6. The van der Waals surface area contributed by atoms with Crippen LogP contribution in [0.4, 0.5) is 0 Å². The highest BCUT2D eigenvalue weighted by atomic mass is 32.1. The van der Waals surface area contributed by atoms with Gasteiger partial charge in [-0.25, -0.2) is 9.78 Å². The lowest BCUT2D eigenvalue weighted by Crippen LogP contribution is -2.22. The first kappa shape index (κ1) is 22.8. The maximum atomic E-state index is 12.7. The minimum atomic E-state index is -0.517. The van der Waals surface area contributed by atoms with E-state index < -0.39 is 5.69 Å².